The van der Waals surface area contributed by atoms with Crippen LogP contribution in [0.25, 0.3) is 0 Å². The van der Waals surface area contributed by atoms with Gasteiger partial charge in [0.25, 0.3) is 0 Å². The molecule has 1 aromatic rings. The maximum absolute atomic E-state index is 12.1. The summed E-state index contributed by atoms with van der Waals surface area (Å²) in [4.78, 5) is 12.1. The van der Waals surface area contributed by atoms with Crippen molar-refractivity contribution in [3.8, 4) is 0 Å². The minimum atomic E-state index is 0.106. The lowest BCUT2D eigenvalue weighted by atomic mass is 9.90. The van der Waals surface area contributed by atoms with Gasteiger partial charge in [-0.05, 0) is 67.1 Å². The van der Waals surface area contributed by atoms with Gasteiger partial charge < -0.3 is 10.4 Å². The molecule has 0 bridgehead atoms. The molecule has 0 unspecified atom stereocenters. The van der Waals surface area contributed by atoms with Crippen molar-refractivity contribution in [2.75, 3.05) is 13.2 Å². The highest BCUT2D eigenvalue weighted by Gasteiger charge is 2.41. The van der Waals surface area contributed by atoms with Crippen molar-refractivity contribution in [1.82, 2.24) is 5.32 Å². The Kier molecular flexibility index (Phi) is 4.29. The van der Waals surface area contributed by atoms with Crippen molar-refractivity contribution in [3.63, 3.8) is 0 Å². The Bertz CT molecular complexity index is 520. The Morgan fingerprint density at radius 2 is 1.95 bits per heavy atom. The fourth-order valence-electron chi connectivity index (χ4n) is 3.36. The molecule has 3 rings (SSSR count). The lowest BCUT2D eigenvalue weighted by molar-refractivity contribution is -0.120. The lowest BCUT2D eigenvalue weighted by Gasteiger charge is -2.17. The Balaban J connectivity index is 1.53. The standard InChI is InChI=1S/C18H25NO2/c20-10-9-18(7-8-18)13-19-17(21)12-14-5-6-15-3-1-2-4-16(15)11-14/h5-6,11,20H,1-4,7-10,12-13H2,(H,19,21). The number of aliphatic hydroxyl groups is 1. The van der Waals surface area contributed by atoms with Gasteiger partial charge in [0.15, 0.2) is 0 Å². The van der Waals surface area contributed by atoms with Crippen LogP contribution >= 0.6 is 0 Å². The molecule has 0 spiro atoms. The number of benzene rings is 1. The van der Waals surface area contributed by atoms with E-state index < -0.39 is 0 Å². The van der Waals surface area contributed by atoms with Crippen LogP contribution in [-0.2, 0) is 24.1 Å². The van der Waals surface area contributed by atoms with Crippen molar-refractivity contribution in [2.45, 2.75) is 51.4 Å². The summed E-state index contributed by atoms with van der Waals surface area (Å²) in [7, 11) is 0. The Hall–Kier alpha value is -1.35. The first kappa shape index (κ1) is 14.6. The van der Waals surface area contributed by atoms with Gasteiger partial charge in [-0.1, -0.05) is 18.2 Å². The number of hydrogen-bond donors (Lipinski definition) is 2. The van der Waals surface area contributed by atoms with Crippen molar-refractivity contribution >= 4 is 5.91 Å². The summed E-state index contributed by atoms with van der Waals surface area (Å²) in [6, 6.07) is 6.52. The third kappa shape index (κ3) is 3.65. The molecule has 21 heavy (non-hydrogen) atoms. The third-order valence-corrected chi connectivity index (χ3v) is 5.04. The van der Waals surface area contributed by atoms with Gasteiger partial charge in [0.2, 0.25) is 5.91 Å². The van der Waals surface area contributed by atoms with Crippen LogP contribution in [0.15, 0.2) is 18.2 Å². The summed E-state index contributed by atoms with van der Waals surface area (Å²) >= 11 is 0. The van der Waals surface area contributed by atoms with E-state index in [9.17, 15) is 4.79 Å². The number of aryl methyl sites for hydroxylation is 2. The average Bonchev–Trinajstić information content (AvgIpc) is 3.26. The predicted octanol–water partition coefficient (Wildman–Crippen LogP) is 2.39. The SMILES string of the molecule is O=C(Cc1ccc2c(c1)CCCC2)NCC1(CCO)CC1. The van der Waals surface area contributed by atoms with E-state index in [2.05, 4.69) is 23.5 Å². The monoisotopic (exact) mass is 287 g/mol. The maximum Gasteiger partial charge on any atom is 0.224 e. The second kappa shape index (κ2) is 6.18. The molecular formula is C18H25NO2. The highest BCUT2D eigenvalue weighted by atomic mass is 16.3. The molecule has 0 aromatic heterocycles. The number of nitrogens with one attached hydrogen (secondary N) is 1. The first-order valence-corrected chi connectivity index (χ1v) is 8.19. The molecule has 0 radical (unpaired) electrons. The fraction of sp³-hybridized carbons (Fsp3) is 0.611. The molecule has 0 saturated heterocycles. The van der Waals surface area contributed by atoms with Gasteiger partial charge in [0.1, 0.15) is 0 Å². The Morgan fingerprint density at radius 3 is 2.67 bits per heavy atom. The maximum atomic E-state index is 12.1. The van der Waals surface area contributed by atoms with E-state index in [1.165, 1.54) is 30.4 Å². The molecule has 0 atom stereocenters. The molecule has 3 nitrogen and oxygen atoms in total. The van der Waals surface area contributed by atoms with E-state index >= 15 is 0 Å². The van der Waals surface area contributed by atoms with Gasteiger partial charge in [0, 0.05) is 13.2 Å². The van der Waals surface area contributed by atoms with Crippen LogP contribution < -0.4 is 5.32 Å². The number of aliphatic hydroxyl groups excluding tert-OH is 1. The zero-order valence-corrected chi connectivity index (χ0v) is 12.7. The van der Waals surface area contributed by atoms with Crippen molar-refractivity contribution in [2.24, 2.45) is 5.41 Å². The largest absolute Gasteiger partial charge is 0.396 e. The molecule has 2 aliphatic rings. The molecule has 2 N–H and O–H groups in total. The highest BCUT2D eigenvalue weighted by Crippen LogP contribution is 2.47. The van der Waals surface area contributed by atoms with Gasteiger partial charge in [0.05, 0.1) is 6.42 Å². The summed E-state index contributed by atoms with van der Waals surface area (Å²) in [6.45, 7) is 0.942. The Morgan fingerprint density at radius 1 is 1.19 bits per heavy atom. The van der Waals surface area contributed by atoms with Crippen LogP contribution in [0.2, 0.25) is 0 Å². The van der Waals surface area contributed by atoms with E-state index in [1.807, 2.05) is 0 Å². The number of amides is 1. The van der Waals surface area contributed by atoms with E-state index in [0.29, 0.717) is 6.42 Å². The van der Waals surface area contributed by atoms with Crippen LogP contribution in [0, 0.1) is 5.41 Å². The molecule has 2 aliphatic carbocycles. The predicted molar refractivity (Wildman–Crippen MR) is 83.2 cm³/mol. The average molecular weight is 287 g/mol. The van der Waals surface area contributed by atoms with E-state index in [0.717, 1.165) is 37.8 Å². The van der Waals surface area contributed by atoms with Gasteiger partial charge in [-0.15, -0.1) is 0 Å². The topological polar surface area (TPSA) is 49.3 Å². The van der Waals surface area contributed by atoms with E-state index in [4.69, 9.17) is 5.11 Å². The van der Waals surface area contributed by atoms with Crippen molar-refractivity contribution in [1.29, 1.82) is 0 Å². The summed E-state index contributed by atoms with van der Waals surface area (Å²) < 4.78 is 0. The number of carbonyl (C=O) groups excluding carboxylic acids is 1. The highest BCUT2D eigenvalue weighted by molar-refractivity contribution is 5.78. The molecule has 0 heterocycles. The lowest BCUT2D eigenvalue weighted by Crippen LogP contribution is -2.31. The third-order valence-electron chi connectivity index (χ3n) is 5.04. The minimum Gasteiger partial charge on any atom is -0.396 e. The van der Waals surface area contributed by atoms with Gasteiger partial charge >= 0.3 is 0 Å². The summed E-state index contributed by atoms with van der Waals surface area (Å²) in [5, 5.41) is 12.1. The van der Waals surface area contributed by atoms with E-state index in [1.54, 1.807) is 0 Å². The second-order valence-corrected chi connectivity index (χ2v) is 6.74. The van der Waals surface area contributed by atoms with Crippen LogP contribution in [0.5, 0.6) is 0 Å². The minimum absolute atomic E-state index is 0.106. The second-order valence-electron chi connectivity index (χ2n) is 6.74. The first-order chi connectivity index (χ1) is 10.2. The zero-order chi connectivity index (χ0) is 14.7. The molecule has 1 amide bonds. The molecule has 1 aromatic carbocycles. The molecule has 1 saturated carbocycles. The van der Waals surface area contributed by atoms with Crippen molar-refractivity contribution < 1.29 is 9.90 Å². The van der Waals surface area contributed by atoms with Crippen LogP contribution in [0.1, 0.15) is 48.8 Å². The summed E-state index contributed by atoms with van der Waals surface area (Å²) in [6.07, 6.45) is 8.45. The smallest absolute Gasteiger partial charge is 0.224 e. The first-order valence-electron chi connectivity index (χ1n) is 8.19. The zero-order valence-electron chi connectivity index (χ0n) is 12.7. The van der Waals surface area contributed by atoms with Gasteiger partial charge in [-0.25, -0.2) is 0 Å². The molecule has 0 aliphatic heterocycles. The molecule has 3 heteroatoms. The normalized spacial score (nSPS) is 18.9. The Labute approximate surface area is 126 Å². The summed E-state index contributed by atoms with van der Waals surface area (Å²) in [5.41, 5.74) is 4.22. The molecule has 1 fully saturated rings. The number of carbonyl (C=O) groups is 1. The van der Waals surface area contributed by atoms with Crippen LogP contribution in [0.4, 0.5) is 0 Å². The molecular weight excluding hydrogens is 262 g/mol. The number of rotatable bonds is 6. The van der Waals surface area contributed by atoms with E-state index in [-0.39, 0.29) is 17.9 Å². The summed E-state index contributed by atoms with van der Waals surface area (Å²) in [5.74, 6) is 0.106. The van der Waals surface area contributed by atoms with Gasteiger partial charge in [-0.3, -0.25) is 4.79 Å². The fourth-order valence-corrected chi connectivity index (χ4v) is 3.36. The van der Waals surface area contributed by atoms with Crippen LogP contribution in [-0.4, -0.2) is 24.2 Å². The quantitative estimate of drug-likeness (QED) is 0.844. The number of fused-ring (bicyclic) bond motifs is 1. The van der Waals surface area contributed by atoms with Gasteiger partial charge in [-0.2, -0.15) is 0 Å². The molecule has 114 valence electrons. The van der Waals surface area contributed by atoms with Crippen molar-refractivity contribution in [3.05, 3.63) is 34.9 Å². The number of hydrogen-bond acceptors (Lipinski definition) is 2. The van der Waals surface area contributed by atoms with Crippen LogP contribution in [0.3, 0.4) is 0 Å².